The van der Waals surface area contributed by atoms with E-state index in [1.807, 2.05) is 10.9 Å². The van der Waals surface area contributed by atoms with E-state index < -0.39 is 0 Å². The molecule has 18 heavy (non-hydrogen) atoms. The highest BCUT2D eigenvalue weighted by molar-refractivity contribution is 4.94. The summed E-state index contributed by atoms with van der Waals surface area (Å²) >= 11 is 0. The van der Waals surface area contributed by atoms with Gasteiger partial charge in [-0.3, -0.25) is 0 Å². The van der Waals surface area contributed by atoms with Crippen molar-refractivity contribution in [2.45, 2.75) is 58.2 Å². The van der Waals surface area contributed by atoms with Gasteiger partial charge in [-0.05, 0) is 39.5 Å². The van der Waals surface area contributed by atoms with Crippen LogP contribution in [0.15, 0.2) is 6.20 Å². The third kappa shape index (κ3) is 3.29. The minimum Gasteiger partial charge on any atom is -0.393 e. The fraction of sp³-hybridized carbons (Fsp3) is 0.846. The Balaban J connectivity index is 1.78. The lowest BCUT2D eigenvalue weighted by Crippen LogP contribution is -2.27. The zero-order chi connectivity index (χ0) is 13.2. The maximum Gasteiger partial charge on any atom is 0.0965 e. The Morgan fingerprint density at radius 1 is 1.44 bits per heavy atom. The van der Waals surface area contributed by atoms with Crippen LogP contribution in [0, 0.1) is 5.92 Å². The monoisotopic (exact) mass is 252 g/mol. The molecule has 1 aliphatic rings. The maximum atomic E-state index is 9.72. The van der Waals surface area contributed by atoms with Crippen LogP contribution in [0.2, 0.25) is 0 Å². The van der Waals surface area contributed by atoms with E-state index in [2.05, 4.69) is 36.4 Å². The average Bonchev–Trinajstić information content (AvgIpc) is 2.88. The fourth-order valence-corrected chi connectivity index (χ4v) is 2.35. The van der Waals surface area contributed by atoms with Crippen molar-refractivity contribution in [1.29, 1.82) is 0 Å². The van der Waals surface area contributed by atoms with E-state index in [1.54, 1.807) is 0 Å². The van der Waals surface area contributed by atoms with E-state index >= 15 is 0 Å². The molecule has 5 heteroatoms. The first-order chi connectivity index (χ1) is 8.47. The molecule has 1 aliphatic carbocycles. The summed E-state index contributed by atoms with van der Waals surface area (Å²) in [6.45, 7) is 7.90. The number of nitrogens with one attached hydrogen (secondary N) is 1. The van der Waals surface area contributed by atoms with Crippen molar-refractivity contribution >= 4 is 0 Å². The molecular formula is C13H24N4O. The van der Waals surface area contributed by atoms with Gasteiger partial charge in [0.1, 0.15) is 0 Å². The van der Waals surface area contributed by atoms with Crippen molar-refractivity contribution in [3.05, 3.63) is 11.9 Å². The maximum absolute atomic E-state index is 9.72. The molecule has 0 saturated heterocycles. The fourth-order valence-electron chi connectivity index (χ4n) is 2.35. The molecule has 2 N–H and O–H groups in total. The quantitative estimate of drug-likeness (QED) is 0.847. The van der Waals surface area contributed by atoms with Gasteiger partial charge in [0.05, 0.1) is 23.5 Å². The molecule has 0 radical (unpaired) electrons. The minimum atomic E-state index is -0.122. The molecule has 1 heterocycles. The van der Waals surface area contributed by atoms with Crippen molar-refractivity contribution in [2.75, 3.05) is 6.54 Å². The van der Waals surface area contributed by atoms with Crippen LogP contribution in [0.5, 0.6) is 0 Å². The van der Waals surface area contributed by atoms with Gasteiger partial charge < -0.3 is 10.4 Å². The second kappa shape index (κ2) is 5.36. The molecule has 1 aromatic rings. The Morgan fingerprint density at radius 2 is 2.22 bits per heavy atom. The van der Waals surface area contributed by atoms with Gasteiger partial charge in [0.2, 0.25) is 0 Å². The lowest BCUT2D eigenvalue weighted by atomic mass is 10.1. The number of nitrogens with zero attached hydrogens (tertiary/aromatic N) is 3. The highest BCUT2D eigenvalue weighted by atomic mass is 16.3. The lowest BCUT2D eigenvalue weighted by Gasteiger charge is -2.17. The molecule has 1 saturated carbocycles. The molecule has 1 aromatic heterocycles. The third-order valence-electron chi connectivity index (χ3n) is 3.56. The normalized spacial score (nSPS) is 24.7. The van der Waals surface area contributed by atoms with Crippen LogP contribution in [0.1, 0.15) is 45.7 Å². The molecule has 0 bridgehead atoms. The largest absolute Gasteiger partial charge is 0.393 e. The Morgan fingerprint density at radius 3 is 2.78 bits per heavy atom. The molecule has 0 aliphatic heterocycles. The number of hydrogen-bond donors (Lipinski definition) is 2. The molecule has 0 aromatic carbocycles. The highest BCUT2D eigenvalue weighted by Crippen LogP contribution is 2.24. The summed E-state index contributed by atoms with van der Waals surface area (Å²) in [4.78, 5) is 0. The smallest absolute Gasteiger partial charge is 0.0965 e. The van der Waals surface area contributed by atoms with Crippen LogP contribution in [0.4, 0.5) is 0 Å². The van der Waals surface area contributed by atoms with Gasteiger partial charge in [-0.15, -0.1) is 5.10 Å². The first-order valence-corrected chi connectivity index (χ1v) is 6.77. The number of aliphatic hydroxyl groups is 1. The summed E-state index contributed by atoms with van der Waals surface area (Å²) in [7, 11) is 0. The van der Waals surface area contributed by atoms with Crippen molar-refractivity contribution in [3.8, 4) is 0 Å². The first kappa shape index (κ1) is 13.5. The van der Waals surface area contributed by atoms with Crippen LogP contribution < -0.4 is 5.32 Å². The Labute approximate surface area is 109 Å². The first-order valence-electron chi connectivity index (χ1n) is 6.77. The lowest BCUT2D eigenvalue weighted by molar-refractivity contribution is 0.131. The number of rotatable bonds is 4. The van der Waals surface area contributed by atoms with Gasteiger partial charge in [0.25, 0.3) is 0 Å². The Bertz CT molecular complexity index is 383. The predicted octanol–water partition coefficient (Wildman–Crippen LogP) is 1.28. The standard InChI is InChI=1S/C13H24N4O/c1-13(2,3)17-9-11(15-16-17)8-14-7-10-5-4-6-12(10)18/h9-10,12,14,18H,4-8H2,1-3H3. The summed E-state index contributed by atoms with van der Waals surface area (Å²) in [5, 5.41) is 21.4. The van der Waals surface area contributed by atoms with Crippen LogP contribution in [0.25, 0.3) is 0 Å². The molecule has 0 amide bonds. The Hall–Kier alpha value is -0.940. The molecule has 102 valence electrons. The number of aliphatic hydroxyl groups excluding tert-OH is 1. The summed E-state index contributed by atoms with van der Waals surface area (Å²) < 4.78 is 1.88. The summed E-state index contributed by atoms with van der Waals surface area (Å²) in [6.07, 6.45) is 5.09. The van der Waals surface area contributed by atoms with Gasteiger partial charge in [-0.1, -0.05) is 11.6 Å². The van der Waals surface area contributed by atoms with Gasteiger partial charge in [-0.2, -0.15) is 0 Å². The van der Waals surface area contributed by atoms with Gasteiger partial charge in [0, 0.05) is 13.1 Å². The molecule has 2 atom stereocenters. The van der Waals surface area contributed by atoms with Crippen molar-refractivity contribution in [2.24, 2.45) is 5.92 Å². The highest BCUT2D eigenvalue weighted by Gasteiger charge is 2.24. The average molecular weight is 252 g/mol. The second-order valence-electron chi connectivity index (χ2n) is 6.21. The summed E-state index contributed by atoms with van der Waals surface area (Å²) in [6, 6.07) is 0. The van der Waals surface area contributed by atoms with Gasteiger partial charge in [-0.25, -0.2) is 4.68 Å². The van der Waals surface area contributed by atoms with Gasteiger partial charge >= 0.3 is 0 Å². The predicted molar refractivity (Wildman–Crippen MR) is 70.1 cm³/mol. The van der Waals surface area contributed by atoms with E-state index in [1.165, 1.54) is 0 Å². The number of hydrogen-bond acceptors (Lipinski definition) is 4. The van der Waals surface area contributed by atoms with Crippen LogP contribution in [0.3, 0.4) is 0 Å². The van der Waals surface area contributed by atoms with E-state index in [0.29, 0.717) is 5.92 Å². The molecular weight excluding hydrogens is 228 g/mol. The second-order valence-corrected chi connectivity index (χ2v) is 6.21. The molecule has 2 rings (SSSR count). The topological polar surface area (TPSA) is 63.0 Å². The van der Waals surface area contributed by atoms with Gasteiger partial charge in [0.15, 0.2) is 0 Å². The molecule has 1 fully saturated rings. The zero-order valence-electron chi connectivity index (χ0n) is 11.6. The van der Waals surface area contributed by atoms with Crippen molar-refractivity contribution in [1.82, 2.24) is 20.3 Å². The van der Waals surface area contributed by atoms with Crippen LogP contribution in [-0.2, 0) is 12.1 Å². The van der Waals surface area contributed by atoms with Crippen LogP contribution in [-0.4, -0.2) is 32.7 Å². The minimum absolute atomic E-state index is 0.0209. The van der Waals surface area contributed by atoms with Crippen molar-refractivity contribution in [3.63, 3.8) is 0 Å². The van der Waals surface area contributed by atoms with E-state index in [-0.39, 0.29) is 11.6 Å². The molecule has 0 spiro atoms. The number of aromatic nitrogens is 3. The Kier molecular flexibility index (Phi) is 4.02. The molecule has 5 nitrogen and oxygen atoms in total. The summed E-state index contributed by atoms with van der Waals surface area (Å²) in [5.74, 6) is 0.405. The van der Waals surface area contributed by atoms with Crippen molar-refractivity contribution < 1.29 is 5.11 Å². The SMILES string of the molecule is CC(C)(C)n1cc(CNCC2CCCC2O)nn1. The molecule has 2 unspecified atom stereocenters. The van der Waals surface area contributed by atoms with Crippen LogP contribution >= 0.6 is 0 Å². The van der Waals surface area contributed by atoms with E-state index in [4.69, 9.17) is 0 Å². The van der Waals surface area contributed by atoms with E-state index in [0.717, 1.165) is 38.0 Å². The zero-order valence-corrected chi connectivity index (χ0v) is 11.6. The third-order valence-corrected chi connectivity index (χ3v) is 3.56. The van der Waals surface area contributed by atoms with E-state index in [9.17, 15) is 5.11 Å². The summed E-state index contributed by atoms with van der Waals surface area (Å²) in [5.41, 5.74) is 0.935.